The minimum absolute atomic E-state index is 0.0603. The summed E-state index contributed by atoms with van der Waals surface area (Å²) in [5.41, 5.74) is 0.855. The van der Waals surface area contributed by atoms with Crippen molar-refractivity contribution in [3.05, 3.63) is 29.8 Å². The molecule has 9 heteroatoms. The molecule has 2 aromatic rings. The van der Waals surface area contributed by atoms with Crippen molar-refractivity contribution in [2.24, 2.45) is 0 Å². The number of phenols is 1. The molecule has 2 N–H and O–H groups in total. The predicted molar refractivity (Wildman–Crippen MR) is 89.5 cm³/mol. The van der Waals surface area contributed by atoms with Crippen molar-refractivity contribution in [2.75, 3.05) is 31.2 Å². The highest BCUT2D eigenvalue weighted by Gasteiger charge is 2.22. The van der Waals surface area contributed by atoms with Gasteiger partial charge in [0.25, 0.3) is 0 Å². The summed E-state index contributed by atoms with van der Waals surface area (Å²) < 4.78 is 35.3. The lowest BCUT2D eigenvalue weighted by Gasteiger charge is -2.32. The van der Waals surface area contributed by atoms with Crippen LogP contribution >= 0.6 is 0 Å². The zero-order valence-corrected chi connectivity index (χ0v) is 14.1. The van der Waals surface area contributed by atoms with E-state index in [2.05, 4.69) is 14.9 Å². The molecule has 1 aliphatic rings. The lowest BCUT2D eigenvalue weighted by molar-refractivity contribution is -0.0495. The average molecular weight is 367 g/mol. The molecule has 7 nitrogen and oxygen atoms in total. The molecule has 0 spiro atoms. The molecular weight excluding hydrogens is 348 g/mol. The van der Waals surface area contributed by atoms with E-state index in [1.165, 1.54) is 12.1 Å². The molecule has 1 saturated heterocycles. The number of aryl methyl sites for hydroxylation is 1. The minimum Gasteiger partial charge on any atom is -0.507 e. The Hall–Kier alpha value is -2.52. The maximum Gasteiger partial charge on any atom is 0.387 e. The highest BCUT2D eigenvalue weighted by molar-refractivity contribution is 5.74. The highest BCUT2D eigenvalue weighted by Crippen LogP contribution is 2.38. The van der Waals surface area contributed by atoms with Crippen molar-refractivity contribution in [1.82, 2.24) is 10.2 Å². The molecule has 2 heterocycles. The third-order valence-corrected chi connectivity index (χ3v) is 4.01. The van der Waals surface area contributed by atoms with Gasteiger partial charge in [0.05, 0.1) is 24.9 Å². The number of aliphatic hydroxyl groups is 1. The maximum absolute atomic E-state index is 12.7. The molecule has 0 aliphatic carbocycles. The lowest BCUT2D eigenvalue weighted by Crippen LogP contribution is -2.44. The number of aromatic nitrogens is 2. The third-order valence-electron chi connectivity index (χ3n) is 4.01. The first-order valence-corrected chi connectivity index (χ1v) is 8.08. The van der Waals surface area contributed by atoms with Crippen molar-refractivity contribution < 1.29 is 28.5 Å². The second-order valence-electron chi connectivity index (χ2n) is 5.93. The van der Waals surface area contributed by atoms with E-state index >= 15 is 0 Å². The van der Waals surface area contributed by atoms with Crippen molar-refractivity contribution in [2.45, 2.75) is 19.6 Å². The van der Waals surface area contributed by atoms with Crippen LogP contribution in [0, 0.1) is 6.92 Å². The van der Waals surface area contributed by atoms with E-state index in [9.17, 15) is 19.0 Å². The van der Waals surface area contributed by atoms with Gasteiger partial charge in [0, 0.05) is 13.1 Å². The van der Waals surface area contributed by atoms with Crippen LogP contribution in [0.1, 0.15) is 5.56 Å². The zero-order valence-electron chi connectivity index (χ0n) is 14.1. The fraction of sp³-hybridized carbons (Fsp3) is 0.412. The standard InChI is InChI=1S/C17H19F2N3O4/c1-10-6-13(24)16(14(7-10)26-17(18)19)12-2-3-15(21-20-12)22-4-5-25-11(8-22)9-23/h2-3,6-7,11,17,23-24H,4-5,8-9H2,1H3/t11-/m0/s1. The molecule has 0 unspecified atom stereocenters. The summed E-state index contributed by atoms with van der Waals surface area (Å²) >= 11 is 0. The van der Waals surface area contributed by atoms with Crippen LogP contribution in [0.2, 0.25) is 0 Å². The molecule has 3 rings (SSSR count). The normalized spacial score (nSPS) is 17.6. The van der Waals surface area contributed by atoms with E-state index in [0.717, 1.165) is 0 Å². The first-order valence-electron chi connectivity index (χ1n) is 8.08. The Bertz CT molecular complexity index is 758. The minimum atomic E-state index is -3.02. The maximum atomic E-state index is 12.7. The Labute approximate surface area is 148 Å². The van der Waals surface area contributed by atoms with Crippen LogP contribution in [0.3, 0.4) is 0 Å². The first kappa shape index (κ1) is 18.3. The van der Waals surface area contributed by atoms with Crippen LogP contribution in [0.5, 0.6) is 11.5 Å². The summed E-state index contributed by atoms with van der Waals surface area (Å²) in [6.45, 7) is 0.0750. The van der Waals surface area contributed by atoms with Crippen molar-refractivity contribution >= 4 is 5.82 Å². The van der Waals surface area contributed by atoms with Gasteiger partial charge in [-0.3, -0.25) is 0 Å². The second-order valence-corrected chi connectivity index (χ2v) is 5.93. The molecule has 1 aromatic carbocycles. The number of hydrogen-bond donors (Lipinski definition) is 2. The number of rotatable bonds is 5. The molecule has 1 aromatic heterocycles. The number of phenolic OH excluding ortho intramolecular Hbond substituents is 1. The van der Waals surface area contributed by atoms with Gasteiger partial charge in [-0.2, -0.15) is 8.78 Å². The molecule has 0 amide bonds. The van der Waals surface area contributed by atoms with Gasteiger partial charge in [0.2, 0.25) is 0 Å². The predicted octanol–water partition coefficient (Wildman–Crippen LogP) is 1.96. The quantitative estimate of drug-likeness (QED) is 0.835. The van der Waals surface area contributed by atoms with Crippen LogP contribution < -0.4 is 9.64 Å². The van der Waals surface area contributed by atoms with Gasteiger partial charge in [-0.25, -0.2) is 0 Å². The molecule has 1 fully saturated rings. The molecule has 0 saturated carbocycles. The van der Waals surface area contributed by atoms with E-state index < -0.39 is 6.61 Å². The lowest BCUT2D eigenvalue weighted by atomic mass is 10.1. The van der Waals surface area contributed by atoms with Crippen molar-refractivity contribution in [3.8, 4) is 22.8 Å². The molecule has 26 heavy (non-hydrogen) atoms. The van der Waals surface area contributed by atoms with Gasteiger partial charge in [0.15, 0.2) is 5.82 Å². The summed E-state index contributed by atoms with van der Waals surface area (Å²) in [6, 6.07) is 6.10. The van der Waals surface area contributed by atoms with E-state index in [1.807, 2.05) is 4.90 Å². The number of alkyl halides is 2. The monoisotopic (exact) mass is 367 g/mol. The van der Waals surface area contributed by atoms with Crippen LogP contribution in [-0.4, -0.2) is 59.4 Å². The van der Waals surface area contributed by atoms with E-state index in [0.29, 0.717) is 31.1 Å². The first-order chi connectivity index (χ1) is 12.5. The number of aromatic hydroxyl groups is 1. The number of halogens is 2. The Morgan fingerprint density at radius 1 is 1.35 bits per heavy atom. The Morgan fingerprint density at radius 2 is 2.15 bits per heavy atom. The van der Waals surface area contributed by atoms with E-state index in [1.54, 1.807) is 19.1 Å². The Balaban J connectivity index is 1.89. The Morgan fingerprint density at radius 3 is 2.81 bits per heavy atom. The summed E-state index contributed by atoms with van der Waals surface area (Å²) in [6.07, 6.45) is -0.294. The number of ether oxygens (including phenoxy) is 2. The van der Waals surface area contributed by atoms with Gasteiger partial charge in [-0.05, 0) is 36.8 Å². The van der Waals surface area contributed by atoms with Crippen molar-refractivity contribution in [3.63, 3.8) is 0 Å². The van der Waals surface area contributed by atoms with Crippen LogP contribution in [-0.2, 0) is 4.74 Å². The van der Waals surface area contributed by atoms with Crippen LogP contribution in [0.4, 0.5) is 14.6 Å². The van der Waals surface area contributed by atoms with Gasteiger partial charge >= 0.3 is 6.61 Å². The topological polar surface area (TPSA) is 87.9 Å². The summed E-state index contributed by atoms with van der Waals surface area (Å²) in [5, 5.41) is 27.6. The number of nitrogens with zero attached hydrogens (tertiary/aromatic N) is 3. The van der Waals surface area contributed by atoms with E-state index in [4.69, 9.17) is 4.74 Å². The van der Waals surface area contributed by atoms with Crippen LogP contribution in [0.25, 0.3) is 11.3 Å². The molecule has 0 bridgehead atoms. The SMILES string of the molecule is Cc1cc(O)c(-c2ccc(N3CCO[C@H](CO)C3)nn2)c(OC(F)F)c1. The van der Waals surface area contributed by atoms with Crippen molar-refractivity contribution in [1.29, 1.82) is 0 Å². The third kappa shape index (κ3) is 4.00. The molecule has 1 atom stereocenters. The number of benzene rings is 1. The Kier molecular flexibility index (Phi) is 5.48. The number of aliphatic hydroxyl groups excluding tert-OH is 1. The molecular formula is C17H19F2N3O4. The van der Waals surface area contributed by atoms with Gasteiger partial charge < -0.3 is 24.6 Å². The van der Waals surface area contributed by atoms with E-state index in [-0.39, 0.29) is 35.5 Å². The van der Waals surface area contributed by atoms with Crippen LogP contribution in [0.15, 0.2) is 24.3 Å². The number of morpholine rings is 1. The average Bonchev–Trinajstić information content (AvgIpc) is 2.61. The molecule has 0 radical (unpaired) electrons. The fourth-order valence-corrected chi connectivity index (χ4v) is 2.85. The highest BCUT2D eigenvalue weighted by atomic mass is 19.3. The second kappa shape index (κ2) is 7.79. The summed E-state index contributed by atoms with van der Waals surface area (Å²) in [7, 11) is 0. The molecule has 1 aliphatic heterocycles. The largest absolute Gasteiger partial charge is 0.507 e. The van der Waals surface area contributed by atoms with Gasteiger partial charge in [-0.15, -0.1) is 10.2 Å². The van der Waals surface area contributed by atoms with Gasteiger partial charge in [-0.1, -0.05) is 0 Å². The number of hydrogen-bond acceptors (Lipinski definition) is 7. The fourth-order valence-electron chi connectivity index (χ4n) is 2.85. The zero-order chi connectivity index (χ0) is 18.7. The molecule has 140 valence electrons. The summed E-state index contributed by atoms with van der Waals surface area (Å²) in [4.78, 5) is 1.91. The number of anilines is 1. The summed E-state index contributed by atoms with van der Waals surface area (Å²) in [5.74, 6) is 0.194. The smallest absolute Gasteiger partial charge is 0.387 e. The van der Waals surface area contributed by atoms with Gasteiger partial charge in [0.1, 0.15) is 17.2 Å².